The maximum Gasteiger partial charge on any atom is 0.0541 e. The van der Waals surface area contributed by atoms with Gasteiger partial charge in [-0.3, -0.25) is 0 Å². The molecule has 0 amide bonds. The van der Waals surface area contributed by atoms with Gasteiger partial charge in [0.2, 0.25) is 0 Å². The highest BCUT2D eigenvalue weighted by molar-refractivity contribution is 6.10. The molecular weight excluding hydrogens is 713 g/mol. The summed E-state index contributed by atoms with van der Waals surface area (Å²) >= 11 is 0. The van der Waals surface area contributed by atoms with E-state index < -0.39 is 0 Å². The van der Waals surface area contributed by atoms with Crippen LogP contribution in [0, 0.1) is 0 Å². The molecule has 10 aromatic rings. The Kier molecular flexibility index (Phi) is 8.20. The molecule has 0 unspecified atom stereocenters. The van der Waals surface area contributed by atoms with Crippen molar-refractivity contribution in [1.82, 2.24) is 4.57 Å². The molecule has 0 saturated heterocycles. The zero-order valence-corrected chi connectivity index (χ0v) is 33.2. The van der Waals surface area contributed by atoms with Crippen molar-refractivity contribution in [3.63, 3.8) is 0 Å². The Hall–Kier alpha value is -7.42. The normalized spacial score (nSPS) is 12.7. The van der Waals surface area contributed by atoms with E-state index in [2.05, 4.69) is 242 Å². The van der Waals surface area contributed by atoms with Crippen LogP contribution in [0.5, 0.6) is 0 Å². The van der Waals surface area contributed by atoms with Crippen LogP contribution in [0.25, 0.3) is 72.0 Å². The van der Waals surface area contributed by atoms with Crippen molar-refractivity contribution in [3.05, 3.63) is 230 Å². The summed E-state index contributed by atoms with van der Waals surface area (Å²) in [6.45, 7) is 4.77. The number of rotatable bonds is 7. The third-order valence-electron chi connectivity index (χ3n) is 12.4. The molecule has 0 N–H and O–H groups in total. The summed E-state index contributed by atoms with van der Waals surface area (Å²) in [5, 5.41) is 2.53. The van der Waals surface area contributed by atoms with Crippen molar-refractivity contribution < 1.29 is 0 Å². The summed E-state index contributed by atoms with van der Waals surface area (Å²) < 4.78 is 2.45. The van der Waals surface area contributed by atoms with Crippen molar-refractivity contribution in [2.24, 2.45) is 0 Å². The monoisotopic (exact) mass is 754 g/mol. The van der Waals surface area contributed by atoms with Gasteiger partial charge in [0.05, 0.1) is 11.0 Å². The highest BCUT2D eigenvalue weighted by atomic mass is 15.1. The lowest BCUT2D eigenvalue weighted by Gasteiger charge is -2.28. The molecule has 1 heterocycles. The lowest BCUT2D eigenvalue weighted by atomic mass is 9.82. The number of aromatic nitrogens is 1. The quantitative estimate of drug-likeness (QED) is 0.157. The van der Waals surface area contributed by atoms with Crippen LogP contribution >= 0.6 is 0 Å². The lowest BCUT2D eigenvalue weighted by molar-refractivity contribution is 0.660. The van der Waals surface area contributed by atoms with E-state index >= 15 is 0 Å². The molecule has 280 valence electrons. The minimum Gasteiger partial charge on any atom is -0.310 e. The van der Waals surface area contributed by atoms with Gasteiger partial charge in [0, 0.05) is 38.9 Å². The van der Waals surface area contributed by atoms with E-state index in [1.165, 1.54) is 83.1 Å². The maximum atomic E-state index is 2.45. The van der Waals surface area contributed by atoms with Gasteiger partial charge in [0.15, 0.2) is 0 Å². The first kappa shape index (κ1) is 34.8. The smallest absolute Gasteiger partial charge is 0.0541 e. The van der Waals surface area contributed by atoms with Gasteiger partial charge in [-0.15, -0.1) is 0 Å². The molecule has 0 spiro atoms. The summed E-state index contributed by atoms with van der Waals surface area (Å²) in [5.74, 6) is 0. The van der Waals surface area contributed by atoms with Crippen LogP contribution in [-0.2, 0) is 5.41 Å². The predicted octanol–water partition coefficient (Wildman–Crippen LogP) is 15.6. The molecule has 0 saturated carbocycles. The number of benzene rings is 9. The van der Waals surface area contributed by atoms with Crippen molar-refractivity contribution >= 4 is 38.9 Å². The second-order valence-electron chi connectivity index (χ2n) is 16.2. The Labute approximate surface area is 345 Å². The van der Waals surface area contributed by atoms with E-state index in [-0.39, 0.29) is 5.41 Å². The Bertz CT molecular complexity index is 3160. The molecule has 11 rings (SSSR count). The fourth-order valence-electron chi connectivity index (χ4n) is 9.39. The number of nitrogens with zero attached hydrogens (tertiary/aromatic N) is 2. The molecule has 0 radical (unpaired) electrons. The second kappa shape index (κ2) is 13.9. The fourth-order valence-corrected chi connectivity index (χ4v) is 9.39. The molecule has 0 aliphatic heterocycles. The van der Waals surface area contributed by atoms with Gasteiger partial charge in [-0.1, -0.05) is 166 Å². The molecule has 2 heteroatoms. The van der Waals surface area contributed by atoms with Crippen LogP contribution in [0.4, 0.5) is 17.1 Å². The topological polar surface area (TPSA) is 8.17 Å². The second-order valence-corrected chi connectivity index (χ2v) is 16.2. The molecule has 2 nitrogen and oxygen atoms in total. The van der Waals surface area contributed by atoms with E-state index in [0.29, 0.717) is 0 Å². The minimum absolute atomic E-state index is 0.222. The first-order valence-electron chi connectivity index (χ1n) is 20.5. The third-order valence-corrected chi connectivity index (χ3v) is 12.4. The van der Waals surface area contributed by atoms with Crippen LogP contribution in [0.2, 0.25) is 0 Å². The zero-order chi connectivity index (χ0) is 39.5. The summed E-state index contributed by atoms with van der Waals surface area (Å²) in [7, 11) is 0. The van der Waals surface area contributed by atoms with Gasteiger partial charge in [0.1, 0.15) is 0 Å². The standard InChI is InChI=1S/C57H42N2/c1-57(2)53-37-47(58(45-20-10-5-11-21-45)46-22-14-19-43(35-46)42-27-25-41(26-28-42)39-15-6-3-7-16-39)30-32-49(53)50-33-31-48(38-54(50)57)59-55-24-13-12-23-51(55)52-36-44(29-34-56(52)59)40-17-8-4-9-18-40/h3-38H,1-2H3. The van der Waals surface area contributed by atoms with Crippen molar-refractivity contribution in [2.45, 2.75) is 19.3 Å². The highest BCUT2D eigenvalue weighted by Gasteiger charge is 2.36. The number of hydrogen-bond donors (Lipinski definition) is 0. The fraction of sp³-hybridized carbons (Fsp3) is 0.0526. The summed E-state index contributed by atoms with van der Waals surface area (Å²) in [6, 6.07) is 79.7. The highest BCUT2D eigenvalue weighted by Crippen LogP contribution is 2.52. The van der Waals surface area contributed by atoms with Gasteiger partial charge in [-0.2, -0.15) is 0 Å². The van der Waals surface area contributed by atoms with Gasteiger partial charge < -0.3 is 9.47 Å². The van der Waals surface area contributed by atoms with Crippen LogP contribution in [0.3, 0.4) is 0 Å². The van der Waals surface area contributed by atoms with Crippen LogP contribution in [0.15, 0.2) is 218 Å². The molecule has 59 heavy (non-hydrogen) atoms. The molecule has 0 bridgehead atoms. The molecule has 1 aliphatic rings. The molecular formula is C57H42N2. The van der Waals surface area contributed by atoms with Gasteiger partial charge >= 0.3 is 0 Å². The minimum atomic E-state index is -0.222. The Morgan fingerprint density at radius 1 is 0.339 bits per heavy atom. The summed E-state index contributed by atoms with van der Waals surface area (Å²) in [6.07, 6.45) is 0. The molecule has 1 aromatic heterocycles. The van der Waals surface area contributed by atoms with Gasteiger partial charge in [0.25, 0.3) is 0 Å². The molecule has 9 aromatic carbocycles. The van der Waals surface area contributed by atoms with E-state index in [1.807, 2.05) is 0 Å². The van der Waals surface area contributed by atoms with E-state index in [4.69, 9.17) is 0 Å². The van der Waals surface area contributed by atoms with Crippen molar-refractivity contribution in [3.8, 4) is 50.2 Å². The number of hydrogen-bond acceptors (Lipinski definition) is 1. The number of para-hydroxylation sites is 2. The summed E-state index contributed by atoms with van der Waals surface area (Å²) in [5.41, 5.74) is 19.4. The summed E-state index contributed by atoms with van der Waals surface area (Å²) in [4.78, 5) is 2.40. The van der Waals surface area contributed by atoms with E-state index in [0.717, 1.165) is 17.1 Å². The van der Waals surface area contributed by atoms with E-state index in [9.17, 15) is 0 Å². The van der Waals surface area contributed by atoms with Crippen molar-refractivity contribution in [1.29, 1.82) is 0 Å². The predicted molar refractivity (Wildman–Crippen MR) is 249 cm³/mol. The van der Waals surface area contributed by atoms with Crippen LogP contribution in [-0.4, -0.2) is 4.57 Å². The Morgan fingerprint density at radius 2 is 0.831 bits per heavy atom. The molecule has 1 aliphatic carbocycles. The maximum absolute atomic E-state index is 2.45. The zero-order valence-electron chi connectivity index (χ0n) is 33.2. The molecule has 0 fully saturated rings. The number of anilines is 3. The largest absolute Gasteiger partial charge is 0.310 e. The average molecular weight is 755 g/mol. The Balaban J connectivity index is 0.982. The van der Waals surface area contributed by atoms with Crippen molar-refractivity contribution in [2.75, 3.05) is 4.90 Å². The lowest BCUT2D eigenvalue weighted by Crippen LogP contribution is -2.17. The Morgan fingerprint density at radius 3 is 1.56 bits per heavy atom. The van der Waals surface area contributed by atoms with Crippen LogP contribution < -0.4 is 4.90 Å². The molecule has 0 atom stereocenters. The van der Waals surface area contributed by atoms with Gasteiger partial charge in [-0.25, -0.2) is 0 Å². The van der Waals surface area contributed by atoms with E-state index in [1.54, 1.807) is 0 Å². The first-order chi connectivity index (χ1) is 29.0. The van der Waals surface area contributed by atoms with Crippen LogP contribution in [0.1, 0.15) is 25.0 Å². The SMILES string of the molecule is CC1(C)c2cc(N(c3ccccc3)c3cccc(-c4ccc(-c5ccccc5)cc4)c3)ccc2-c2ccc(-n3c4ccccc4c4cc(-c5ccccc5)ccc43)cc21. The third kappa shape index (κ3) is 5.87. The first-order valence-corrected chi connectivity index (χ1v) is 20.5. The number of fused-ring (bicyclic) bond motifs is 6. The average Bonchev–Trinajstić information content (AvgIpc) is 3.75. The van der Waals surface area contributed by atoms with Gasteiger partial charge in [-0.05, 0) is 122 Å².